The molecule has 0 radical (unpaired) electrons. The van der Waals surface area contributed by atoms with Gasteiger partial charge >= 0.3 is 0 Å². The molecule has 0 spiro atoms. The quantitative estimate of drug-likeness (QED) is 0.740. The Morgan fingerprint density at radius 3 is 2.83 bits per heavy atom. The van der Waals surface area contributed by atoms with Crippen molar-refractivity contribution in [2.24, 2.45) is 0 Å². The van der Waals surface area contributed by atoms with E-state index in [-0.39, 0.29) is 0 Å². The van der Waals surface area contributed by atoms with E-state index in [4.69, 9.17) is 0 Å². The molecule has 90 valence electrons. The van der Waals surface area contributed by atoms with Gasteiger partial charge in [-0.1, -0.05) is 12.1 Å². The Labute approximate surface area is 106 Å². The van der Waals surface area contributed by atoms with Crippen LogP contribution < -0.4 is 5.32 Å². The van der Waals surface area contributed by atoms with Gasteiger partial charge in [0.2, 0.25) is 0 Å². The molecule has 0 saturated carbocycles. The molecule has 0 aliphatic heterocycles. The van der Waals surface area contributed by atoms with Crippen molar-refractivity contribution in [3.05, 3.63) is 54.4 Å². The number of aromatic nitrogens is 2. The monoisotopic (exact) mass is 237 g/mol. The van der Waals surface area contributed by atoms with E-state index in [1.807, 2.05) is 31.6 Å². The van der Waals surface area contributed by atoms with Crippen LogP contribution in [0.1, 0.15) is 5.56 Å². The summed E-state index contributed by atoms with van der Waals surface area (Å²) in [5.74, 6) is 0. The molecular formula is C15H15N3. The smallest absolute Gasteiger partial charge is 0.137 e. The minimum Gasteiger partial charge on any atom is -0.388 e. The van der Waals surface area contributed by atoms with E-state index in [0.717, 1.165) is 11.3 Å². The fraction of sp³-hybridized carbons (Fsp3) is 0.133. The van der Waals surface area contributed by atoms with Crippen molar-refractivity contribution in [1.29, 1.82) is 0 Å². The van der Waals surface area contributed by atoms with E-state index in [9.17, 15) is 0 Å². The average Bonchev–Trinajstić information content (AvgIpc) is 2.87. The highest BCUT2D eigenvalue weighted by molar-refractivity contribution is 5.69. The highest BCUT2D eigenvalue weighted by Crippen LogP contribution is 2.26. The summed E-state index contributed by atoms with van der Waals surface area (Å²) in [7, 11) is 1.94. The van der Waals surface area contributed by atoms with Gasteiger partial charge in [0.25, 0.3) is 0 Å². The highest BCUT2D eigenvalue weighted by atomic mass is 15.0. The molecule has 18 heavy (non-hydrogen) atoms. The second-order valence-corrected chi connectivity index (χ2v) is 4.35. The summed E-state index contributed by atoms with van der Waals surface area (Å²) in [6.45, 7) is 2.13. The van der Waals surface area contributed by atoms with Crippen molar-refractivity contribution in [1.82, 2.24) is 9.38 Å². The van der Waals surface area contributed by atoms with E-state index in [2.05, 4.69) is 45.9 Å². The topological polar surface area (TPSA) is 29.3 Å². The second-order valence-electron chi connectivity index (χ2n) is 4.35. The zero-order valence-corrected chi connectivity index (χ0v) is 10.5. The van der Waals surface area contributed by atoms with Crippen LogP contribution in [-0.4, -0.2) is 16.4 Å². The van der Waals surface area contributed by atoms with Crippen LogP contribution in [0.25, 0.3) is 16.9 Å². The third-order valence-electron chi connectivity index (χ3n) is 3.22. The number of aryl methyl sites for hydroxylation is 1. The number of rotatable bonds is 2. The summed E-state index contributed by atoms with van der Waals surface area (Å²) in [6.07, 6.45) is 3.83. The lowest BCUT2D eigenvalue weighted by Gasteiger charge is -2.10. The Kier molecular flexibility index (Phi) is 2.52. The van der Waals surface area contributed by atoms with Gasteiger partial charge in [-0.05, 0) is 36.8 Å². The van der Waals surface area contributed by atoms with Gasteiger partial charge in [-0.2, -0.15) is 0 Å². The van der Waals surface area contributed by atoms with E-state index in [1.165, 1.54) is 16.8 Å². The molecule has 0 fully saturated rings. The number of hydrogen-bond acceptors (Lipinski definition) is 2. The summed E-state index contributed by atoms with van der Waals surface area (Å²) in [5, 5.41) is 3.16. The molecule has 1 aromatic carbocycles. The van der Waals surface area contributed by atoms with Crippen LogP contribution in [0.2, 0.25) is 0 Å². The Bertz CT molecular complexity index is 698. The van der Waals surface area contributed by atoms with E-state index in [0.29, 0.717) is 0 Å². The molecule has 3 nitrogen and oxygen atoms in total. The van der Waals surface area contributed by atoms with Gasteiger partial charge in [-0.3, -0.25) is 4.40 Å². The first-order valence-corrected chi connectivity index (χ1v) is 6.00. The number of nitrogens with one attached hydrogen (secondary N) is 1. The van der Waals surface area contributed by atoms with E-state index >= 15 is 0 Å². The summed E-state index contributed by atoms with van der Waals surface area (Å²) in [5.41, 5.74) is 5.77. The molecule has 0 saturated heterocycles. The Morgan fingerprint density at radius 2 is 2.06 bits per heavy atom. The van der Waals surface area contributed by atoms with E-state index < -0.39 is 0 Å². The lowest BCUT2D eigenvalue weighted by atomic mass is 10.0. The number of benzene rings is 1. The lowest BCUT2D eigenvalue weighted by molar-refractivity contribution is 1.18. The molecule has 2 heterocycles. The third-order valence-corrected chi connectivity index (χ3v) is 3.22. The van der Waals surface area contributed by atoms with Crippen molar-refractivity contribution in [2.45, 2.75) is 6.92 Å². The first kappa shape index (κ1) is 10.8. The maximum Gasteiger partial charge on any atom is 0.137 e. The van der Waals surface area contributed by atoms with Crippen LogP contribution in [0, 0.1) is 6.92 Å². The normalized spacial score (nSPS) is 10.8. The molecule has 3 rings (SSSR count). The van der Waals surface area contributed by atoms with E-state index in [1.54, 1.807) is 0 Å². The molecule has 3 aromatic rings. The summed E-state index contributed by atoms with van der Waals surface area (Å²) < 4.78 is 2.11. The van der Waals surface area contributed by atoms with Gasteiger partial charge in [0, 0.05) is 30.7 Å². The Hall–Kier alpha value is -2.29. The molecule has 0 aliphatic carbocycles. The Balaban J connectivity index is 2.23. The molecular weight excluding hydrogens is 222 g/mol. The molecule has 0 atom stereocenters. The first-order chi connectivity index (χ1) is 8.79. The number of imidazole rings is 1. The Morgan fingerprint density at radius 1 is 1.17 bits per heavy atom. The fourth-order valence-electron chi connectivity index (χ4n) is 2.27. The van der Waals surface area contributed by atoms with Crippen molar-refractivity contribution in [2.75, 3.05) is 12.4 Å². The zero-order chi connectivity index (χ0) is 12.5. The summed E-state index contributed by atoms with van der Waals surface area (Å²) in [4.78, 5) is 4.32. The average molecular weight is 237 g/mol. The van der Waals surface area contributed by atoms with Gasteiger partial charge in [0.1, 0.15) is 5.65 Å². The fourth-order valence-corrected chi connectivity index (χ4v) is 2.27. The van der Waals surface area contributed by atoms with Gasteiger partial charge in [0.15, 0.2) is 0 Å². The van der Waals surface area contributed by atoms with Crippen LogP contribution in [-0.2, 0) is 0 Å². The zero-order valence-electron chi connectivity index (χ0n) is 10.5. The molecule has 2 aromatic heterocycles. The molecule has 0 amide bonds. The van der Waals surface area contributed by atoms with Crippen LogP contribution in [0.4, 0.5) is 5.69 Å². The number of fused-ring (bicyclic) bond motifs is 1. The summed E-state index contributed by atoms with van der Waals surface area (Å²) >= 11 is 0. The highest BCUT2D eigenvalue weighted by Gasteiger charge is 2.06. The van der Waals surface area contributed by atoms with Crippen molar-refractivity contribution in [3.63, 3.8) is 0 Å². The van der Waals surface area contributed by atoms with Gasteiger partial charge < -0.3 is 5.32 Å². The summed E-state index contributed by atoms with van der Waals surface area (Å²) in [6, 6.07) is 12.6. The van der Waals surface area contributed by atoms with Crippen molar-refractivity contribution in [3.8, 4) is 11.3 Å². The van der Waals surface area contributed by atoms with Crippen molar-refractivity contribution < 1.29 is 0 Å². The van der Waals surface area contributed by atoms with Crippen LogP contribution in [0.5, 0.6) is 0 Å². The standard InChI is InChI=1S/C15H15N3/c1-11-10-12(16-2)6-7-13(11)14-4-3-5-15-17-8-9-18(14)15/h3-10,16H,1-2H3. The maximum absolute atomic E-state index is 4.32. The third kappa shape index (κ3) is 1.64. The molecule has 3 heteroatoms. The first-order valence-electron chi connectivity index (χ1n) is 6.00. The number of pyridine rings is 1. The van der Waals surface area contributed by atoms with Crippen molar-refractivity contribution >= 4 is 11.3 Å². The molecule has 0 unspecified atom stereocenters. The van der Waals surface area contributed by atoms with Crippen LogP contribution >= 0.6 is 0 Å². The SMILES string of the molecule is CNc1ccc(-c2cccc3nccn23)c(C)c1. The molecule has 1 N–H and O–H groups in total. The van der Waals surface area contributed by atoms with Crippen LogP contribution in [0.3, 0.4) is 0 Å². The van der Waals surface area contributed by atoms with Gasteiger partial charge in [-0.25, -0.2) is 4.98 Å². The van der Waals surface area contributed by atoms with Gasteiger partial charge in [0.05, 0.1) is 5.69 Å². The minimum absolute atomic E-state index is 0.976. The minimum atomic E-state index is 0.976. The number of nitrogens with zero attached hydrogens (tertiary/aromatic N) is 2. The van der Waals surface area contributed by atoms with Crippen LogP contribution in [0.15, 0.2) is 48.8 Å². The second kappa shape index (κ2) is 4.18. The maximum atomic E-state index is 4.32. The molecule has 0 aliphatic rings. The van der Waals surface area contributed by atoms with Gasteiger partial charge in [-0.15, -0.1) is 0 Å². The predicted molar refractivity (Wildman–Crippen MR) is 74.9 cm³/mol. The number of hydrogen-bond donors (Lipinski definition) is 1. The molecule has 0 bridgehead atoms. The lowest BCUT2D eigenvalue weighted by Crippen LogP contribution is -1.94. The predicted octanol–water partition coefficient (Wildman–Crippen LogP) is 3.35. The largest absolute Gasteiger partial charge is 0.388 e. The number of anilines is 1.